The first-order valence-electron chi connectivity index (χ1n) is 6.69. The zero-order chi connectivity index (χ0) is 13.7. The van der Waals surface area contributed by atoms with E-state index in [1.54, 1.807) is 13.3 Å². The van der Waals surface area contributed by atoms with Gasteiger partial charge >= 0.3 is 5.97 Å². The van der Waals surface area contributed by atoms with Crippen molar-refractivity contribution in [2.24, 2.45) is 5.92 Å². The van der Waals surface area contributed by atoms with E-state index < -0.39 is 5.97 Å². The van der Waals surface area contributed by atoms with Gasteiger partial charge in [-0.25, -0.2) is 0 Å². The number of aliphatic carboxylic acids is 1. The molecule has 2 atom stereocenters. The molecular formula is C13H21N3O3. The lowest BCUT2D eigenvalue weighted by molar-refractivity contribution is -0.142. The van der Waals surface area contributed by atoms with Crippen molar-refractivity contribution in [2.75, 3.05) is 19.0 Å². The Morgan fingerprint density at radius 3 is 3.21 bits per heavy atom. The molecule has 6 heteroatoms. The quantitative estimate of drug-likeness (QED) is 0.818. The van der Waals surface area contributed by atoms with Crippen LogP contribution in [-0.2, 0) is 16.1 Å². The molecule has 2 unspecified atom stereocenters. The highest BCUT2D eigenvalue weighted by atomic mass is 16.5. The van der Waals surface area contributed by atoms with Crippen LogP contribution in [0, 0.1) is 5.92 Å². The van der Waals surface area contributed by atoms with Crippen molar-refractivity contribution in [3.63, 3.8) is 0 Å². The Morgan fingerprint density at radius 2 is 2.47 bits per heavy atom. The van der Waals surface area contributed by atoms with Crippen molar-refractivity contribution in [1.82, 2.24) is 9.78 Å². The molecule has 19 heavy (non-hydrogen) atoms. The average Bonchev–Trinajstić information content (AvgIpc) is 2.84. The number of nitrogens with one attached hydrogen (secondary N) is 1. The molecule has 0 spiro atoms. The number of methoxy groups -OCH3 is 1. The molecule has 6 nitrogen and oxygen atoms in total. The molecule has 0 saturated heterocycles. The number of hydrogen-bond donors (Lipinski definition) is 2. The molecule has 1 aromatic rings. The van der Waals surface area contributed by atoms with Crippen molar-refractivity contribution in [3.05, 3.63) is 12.4 Å². The van der Waals surface area contributed by atoms with E-state index in [-0.39, 0.29) is 12.0 Å². The maximum atomic E-state index is 11.0. The molecule has 1 fully saturated rings. The largest absolute Gasteiger partial charge is 0.481 e. The maximum Gasteiger partial charge on any atom is 0.306 e. The van der Waals surface area contributed by atoms with Gasteiger partial charge in [0.05, 0.1) is 31.0 Å². The van der Waals surface area contributed by atoms with Crippen LogP contribution in [0.25, 0.3) is 0 Å². The molecule has 1 saturated carbocycles. The third-order valence-electron chi connectivity index (χ3n) is 3.55. The second kappa shape index (κ2) is 6.56. The van der Waals surface area contributed by atoms with Gasteiger partial charge < -0.3 is 15.2 Å². The molecule has 1 heterocycles. The van der Waals surface area contributed by atoms with Gasteiger partial charge in [-0.2, -0.15) is 5.10 Å². The van der Waals surface area contributed by atoms with E-state index >= 15 is 0 Å². The van der Waals surface area contributed by atoms with Crippen molar-refractivity contribution in [1.29, 1.82) is 0 Å². The maximum absolute atomic E-state index is 11.0. The third kappa shape index (κ3) is 3.96. The fourth-order valence-corrected chi connectivity index (χ4v) is 2.53. The summed E-state index contributed by atoms with van der Waals surface area (Å²) in [6.07, 6.45) is 7.18. The fourth-order valence-electron chi connectivity index (χ4n) is 2.53. The Hall–Kier alpha value is -1.56. The van der Waals surface area contributed by atoms with E-state index in [1.807, 2.05) is 10.9 Å². The normalized spacial score (nSPS) is 23.2. The van der Waals surface area contributed by atoms with Gasteiger partial charge in [0.2, 0.25) is 0 Å². The third-order valence-corrected chi connectivity index (χ3v) is 3.55. The Kier molecular flexibility index (Phi) is 4.79. The highest BCUT2D eigenvalue weighted by molar-refractivity contribution is 5.70. The number of aromatic nitrogens is 2. The molecule has 0 aromatic carbocycles. The van der Waals surface area contributed by atoms with Gasteiger partial charge in [-0.3, -0.25) is 9.48 Å². The average molecular weight is 267 g/mol. The molecule has 106 valence electrons. The molecule has 1 aliphatic rings. The van der Waals surface area contributed by atoms with Crippen molar-refractivity contribution >= 4 is 11.7 Å². The highest BCUT2D eigenvalue weighted by Gasteiger charge is 2.26. The Labute approximate surface area is 112 Å². The number of nitrogens with zero attached hydrogens (tertiary/aromatic N) is 2. The topological polar surface area (TPSA) is 76.4 Å². The lowest BCUT2D eigenvalue weighted by atomic mass is 9.86. The SMILES string of the molecule is COCCn1cc(NC2CCCC(C(=O)O)C2)cn1. The van der Waals surface area contributed by atoms with Crippen molar-refractivity contribution < 1.29 is 14.6 Å². The first-order valence-corrected chi connectivity index (χ1v) is 6.69. The summed E-state index contributed by atoms with van der Waals surface area (Å²) in [7, 11) is 1.66. The van der Waals surface area contributed by atoms with E-state index in [9.17, 15) is 4.79 Å². The number of rotatable bonds is 6. The lowest BCUT2D eigenvalue weighted by Gasteiger charge is -2.27. The predicted octanol–water partition coefficient (Wildman–Crippen LogP) is 1.58. The molecule has 0 radical (unpaired) electrons. The molecule has 2 N–H and O–H groups in total. The van der Waals surface area contributed by atoms with Gasteiger partial charge in [-0.1, -0.05) is 6.42 Å². The molecule has 2 rings (SSSR count). The van der Waals surface area contributed by atoms with Gasteiger partial charge in [0.1, 0.15) is 0 Å². The Bertz CT molecular complexity index is 419. The summed E-state index contributed by atoms with van der Waals surface area (Å²) >= 11 is 0. The zero-order valence-corrected chi connectivity index (χ0v) is 11.2. The number of ether oxygens (including phenoxy) is 1. The second-order valence-electron chi connectivity index (χ2n) is 5.03. The minimum Gasteiger partial charge on any atom is -0.481 e. The van der Waals surface area contributed by atoms with Gasteiger partial charge in [0.15, 0.2) is 0 Å². The van der Waals surface area contributed by atoms with Gasteiger partial charge in [0.25, 0.3) is 0 Å². The summed E-state index contributed by atoms with van der Waals surface area (Å²) in [5.74, 6) is -0.892. The van der Waals surface area contributed by atoms with E-state index in [0.29, 0.717) is 13.0 Å². The van der Waals surface area contributed by atoms with E-state index in [1.165, 1.54) is 0 Å². The van der Waals surface area contributed by atoms with Crippen LogP contribution < -0.4 is 5.32 Å². The summed E-state index contributed by atoms with van der Waals surface area (Å²) in [5.41, 5.74) is 0.951. The zero-order valence-electron chi connectivity index (χ0n) is 11.2. The summed E-state index contributed by atoms with van der Waals surface area (Å²) in [6.45, 7) is 1.35. The van der Waals surface area contributed by atoms with E-state index in [2.05, 4.69) is 10.4 Å². The summed E-state index contributed by atoms with van der Waals surface area (Å²) in [5, 5.41) is 16.7. The number of carboxylic acids is 1. The van der Waals surface area contributed by atoms with Crippen LogP contribution in [0.3, 0.4) is 0 Å². The van der Waals surface area contributed by atoms with Crippen molar-refractivity contribution in [3.8, 4) is 0 Å². The highest BCUT2D eigenvalue weighted by Crippen LogP contribution is 2.26. The predicted molar refractivity (Wildman–Crippen MR) is 71.1 cm³/mol. The van der Waals surface area contributed by atoms with Gasteiger partial charge in [-0.05, 0) is 19.3 Å². The minimum absolute atomic E-state index is 0.213. The number of anilines is 1. The van der Waals surface area contributed by atoms with Crippen LogP contribution in [0.15, 0.2) is 12.4 Å². The van der Waals surface area contributed by atoms with Crippen LogP contribution in [0.5, 0.6) is 0 Å². The molecule has 0 amide bonds. The van der Waals surface area contributed by atoms with Crippen LogP contribution in [0.2, 0.25) is 0 Å². The molecular weight excluding hydrogens is 246 g/mol. The van der Waals surface area contributed by atoms with Crippen molar-refractivity contribution in [2.45, 2.75) is 38.3 Å². The van der Waals surface area contributed by atoms with E-state index in [4.69, 9.17) is 9.84 Å². The monoisotopic (exact) mass is 267 g/mol. The number of hydrogen-bond acceptors (Lipinski definition) is 4. The molecule has 1 aliphatic carbocycles. The summed E-state index contributed by atoms with van der Waals surface area (Å²) < 4.78 is 6.82. The van der Waals surface area contributed by atoms with Gasteiger partial charge in [0, 0.05) is 19.3 Å². The van der Waals surface area contributed by atoms with Crippen LogP contribution in [-0.4, -0.2) is 40.6 Å². The number of carbonyl (C=O) groups is 1. The summed E-state index contributed by atoms with van der Waals surface area (Å²) in [6, 6.07) is 0.231. The smallest absolute Gasteiger partial charge is 0.306 e. The van der Waals surface area contributed by atoms with Crippen LogP contribution in [0.1, 0.15) is 25.7 Å². The minimum atomic E-state index is -0.678. The first-order chi connectivity index (χ1) is 9.19. The summed E-state index contributed by atoms with van der Waals surface area (Å²) in [4.78, 5) is 11.0. The Morgan fingerprint density at radius 1 is 1.63 bits per heavy atom. The number of carboxylic acid groups (broad SMARTS) is 1. The lowest BCUT2D eigenvalue weighted by Crippen LogP contribution is -2.30. The second-order valence-corrected chi connectivity index (χ2v) is 5.03. The first kappa shape index (κ1) is 13.9. The van der Waals surface area contributed by atoms with Crippen LogP contribution in [0.4, 0.5) is 5.69 Å². The fraction of sp³-hybridized carbons (Fsp3) is 0.692. The van der Waals surface area contributed by atoms with Crippen LogP contribution >= 0.6 is 0 Å². The molecule has 1 aromatic heterocycles. The standard InChI is InChI=1S/C13H21N3O3/c1-19-6-5-16-9-12(8-14-16)15-11-4-2-3-10(7-11)13(17)18/h8-11,15H,2-7H2,1H3,(H,17,18). The Balaban J connectivity index is 1.86. The van der Waals surface area contributed by atoms with E-state index in [0.717, 1.165) is 31.5 Å². The molecule has 0 aliphatic heterocycles. The van der Waals surface area contributed by atoms with Gasteiger partial charge in [-0.15, -0.1) is 0 Å². The molecule has 0 bridgehead atoms.